The molecule has 0 spiro atoms. The second-order valence-electron chi connectivity index (χ2n) is 7.02. The average Bonchev–Trinajstić information content (AvgIpc) is 2.79. The standard InChI is InChI=1S/C19H26FN3O2/c1-14(24)22-10-3-11-23(13-12-22)19(25)21-18(15-4-2-5-15)16-6-8-17(20)9-7-16/h6-9,15,18H,2-5,10-13H2,1H3,(H,21,25)/t18-/m0/s1. The molecule has 1 aliphatic carbocycles. The molecule has 3 amide bonds. The van der Waals surface area contributed by atoms with Crippen LogP contribution in [0.3, 0.4) is 0 Å². The van der Waals surface area contributed by atoms with Crippen LogP contribution in [-0.2, 0) is 4.79 Å². The lowest BCUT2D eigenvalue weighted by Gasteiger charge is -2.36. The lowest BCUT2D eigenvalue weighted by molar-refractivity contribution is -0.128. The number of hydrogen-bond donors (Lipinski definition) is 1. The molecule has 0 aromatic heterocycles. The van der Waals surface area contributed by atoms with E-state index in [0.29, 0.717) is 32.1 Å². The fraction of sp³-hybridized carbons (Fsp3) is 0.579. The minimum Gasteiger partial charge on any atom is -0.341 e. The minimum atomic E-state index is -0.265. The summed E-state index contributed by atoms with van der Waals surface area (Å²) in [6, 6.07) is 6.26. The van der Waals surface area contributed by atoms with Gasteiger partial charge in [-0.05, 0) is 42.9 Å². The summed E-state index contributed by atoms with van der Waals surface area (Å²) in [5.74, 6) is 0.204. The second-order valence-corrected chi connectivity index (χ2v) is 7.02. The predicted molar refractivity (Wildman–Crippen MR) is 93.5 cm³/mol. The van der Waals surface area contributed by atoms with Gasteiger partial charge in [-0.15, -0.1) is 0 Å². The van der Waals surface area contributed by atoms with Crippen LogP contribution in [0.2, 0.25) is 0 Å². The van der Waals surface area contributed by atoms with Gasteiger partial charge < -0.3 is 15.1 Å². The van der Waals surface area contributed by atoms with E-state index in [1.54, 1.807) is 28.9 Å². The summed E-state index contributed by atoms with van der Waals surface area (Å²) in [5.41, 5.74) is 0.958. The zero-order chi connectivity index (χ0) is 17.8. The first kappa shape index (κ1) is 17.7. The van der Waals surface area contributed by atoms with E-state index in [4.69, 9.17) is 0 Å². The molecule has 3 rings (SSSR count). The van der Waals surface area contributed by atoms with E-state index in [0.717, 1.165) is 24.8 Å². The molecule has 1 aromatic carbocycles. The fourth-order valence-corrected chi connectivity index (χ4v) is 3.58. The molecule has 1 atom stereocenters. The van der Waals surface area contributed by atoms with Crippen molar-refractivity contribution >= 4 is 11.9 Å². The monoisotopic (exact) mass is 347 g/mol. The summed E-state index contributed by atoms with van der Waals surface area (Å²) in [4.78, 5) is 27.9. The molecule has 1 N–H and O–H groups in total. The van der Waals surface area contributed by atoms with Crippen molar-refractivity contribution in [2.24, 2.45) is 5.92 Å². The highest BCUT2D eigenvalue weighted by Crippen LogP contribution is 2.37. The minimum absolute atomic E-state index is 0.0564. The van der Waals surface area contributed by atoms with Gasteiger partial charge in [-0.25, -0.2) is 9.18 Å². The molecule has 1 aromatic rings. The summed E-state index contributed by atoms with van der Waals surface area (Å²) in [6.07, 6.45) is 4.13. The van der Waals surface area contributed by atoms with Crippen LogP contribution in [0.5, 0.6) is 0 Å². The number of benzene rings is 1. The van der Waals surface area contributed by atoms with Crippen molar-refractivity contribution in [3.8, 4) is 0 Å². The van der Waals surface area contributed by atoms with E-state index in [9.17, 15) is 14.0 Å². The van der Waals surface area contributed by atoms with Crippen LogP contribution < -0.4 is 5.32 Å². The zero-order valence-corrected chi connectivity index (χ0v) is 14.7. The number of nitrogens with zero attached hydrogens (tertiary/aromatic N) is 2. The first-order chi connectivity index (χ1) is 12.0. The van der Waals surface area contributed by atoms with E-state index >= 15 is 0 Å². The van der Waals surface area contributed by atoms with Gasteiger partial charge in [-0.1, -0.05) is 18.6 Å². The Morgan fingerprint density at radius 2 is 1.68 bits per heavy atom. The van der Waals surface area contributed by atoms with Crippen molar-refractivity contribution in [2.45, 2.75) is 38.6 Å². The van der Waals surface area contributed by atoms with Gasteiger partial charge in [0.1, 0.15) is 5.82 Å². The first-order valence-electron chi connectivity index (χ1n) is 9.11. The molecule has 0 bridgehead atoms. The number of carbonyl (C=O) groups excluding carboxylic acids is 2. The van der Waals surface area contributed by atoms with Crippen LogP contribution in [0.15, 0.2) is 24.3 Å². The van der Waals surface area contributed by atoms with Crippen molar-refractivity contribution < 1.29 is 14.0 Å². The number of carbonyl (C=O) groups is 2. The average molecular weight is 347 g/mol. The lowest BCUT2D eigenvalue weighted by atomic mass is 9.77. The topological polar surface area (TPSA) is 52.7 Å². The maximum Gasteiger partial charge on any atom is 0.317 e. The molecule has 0 unspecified atom stereocenters. The first-order valence-corrected chi connectivity index (χ1v) is 9.11. The highest BCUT2D eigenvalue weighted by Gasteiger charge is 2.31. The normalized spacial score (nSPS) is 19.8. The number of halogens is 1. The fourth-order valence-electron chi connectivity index (χ4n) is 3.58. The summed E-state index contributed by atoms with van der Waals surface area (Å²) < 4.78 is 13.2. The predicted octanol–water partition coefficient (Wildman–Crippen LogP) is 2.93. The molecule has 0 radical (unpaired) electrons. The van der Waals surface area contributed by atoms with Crippen LogP contribution in [0.1, 0.15) is 44.2 Å². The molecular formula is C19H26FN3O2. The van der Waals surface area contributed by atoms with Crippen LogP contribution in [0.4, 0.5) is 9.18 Å². The molecule has 1 heterocycles. The van der Waals surface area contributed by atoms with Gasteiger partial charge in [0.25, 0.3) is 0 Å². The van der Waals surface area contributed by atoms with Gasteiger partial charge in [0.2, 0.25) is 5.91 Å². The summed E-state index contributed by atoms with van der Waals surface area (Å²) in [6.45, 7) is 4.04. The van der Waals surface area contributed by atoms with Crippen molar-refractivity contribution in [2.75, 3.05) is 26.2 Å². The van der Waals surface area contributed by atoms with Crippen LogP contribution in [-0.4, -0.2) is 47.9 Å². The highest BCUT2D eigenvalue weighted by molar-refractivity contribution is 5.76. The number of hydrogen-bond acceptors (Lipinski definition) is 2. The van der Waals surface area contributed by atoms with Gasteiger partial charge in [0, 0.05) is 33.1 Å². The summed E-state index contributed by atoms with van der Waals surface area (Å²) in [7, 11) is 0. The van der Waals surface area contributed by atoms with Crippen LogP contribution in [0.25, 0.3) is 0 Å². The molecule has 1 aliphatic heterocycles. The van der Waals surface area contributed by atoms with Crippen LogP contribution >= 0.6 is 0 Å². The van der Waals surface area contributed by atoms with Gasteiger partial charge in [-0.3, -0.25) is 4.79 Å². The van der Waals surface area contributed by atoms with E-state index < -0.39 is 0 Å². The Morgan fingerprint density at radius 1 is 1.04 bits per heavy atom. The Balaban J connectivity index is 1.66. The maximum absolute atomic E-state index is 13.2. The van der Waals surface area contributed by atoms with E-state index in [1.165, 1.54) is 18.6 Å². The highest BCUT2D eigenvalue weighted by atomic mass is 19.1. The van der Waals surface area contributed by atoms with E-state index in [-0.39, 0.29) is 23.8 Å². The Hall–Kier alpha value is -2.11. The number of urea groups is 1. The molecule has 5 nitrogen and oxygen atoms in total. The van der Waals surface area contributed by atoms with Gasteiger partial charge in [0.05, 0.1) is 6.04 Å². The molecule has 2 aliphatic rings. The Labute approximate surface area is 148 Å². The molecule has 1 saturated carbocycles. The van der Waals surface area contributed by atoms with E-state index in [2.05, 4.69) is 5.32 Å². The van der Waals surface area contributed by atoms with Gasteiger partial charge in [-0.2, -0.15) is 0 Å². The van der Waals surface area contributed by atoms with Crippen molar-refractivity contribution in [1.29, 1.82) is 0 Å². The maximum atomic E-state index is 13.2. The Kier molecular flexibility index (Phi) is 5.56. The number of rotatable bonds is 3. The quantitative estimate of drug-likeness (QED) is 0.914. The summed E-state index contributed by atoms with van der Waals surface area (Å²) in [5, 5.41) is 3.16. The van der Waals surface area contributed by atoms with Gasteiger partial charge >= 0.3 is 6.03 Å². The molecule has 136 valence electrons. The SMILES string of the molecule is CC(=O)N1CCCN(C(=O)N[C@H](c2ccc(F)cc2)C2CCC2)CC1. The summed E-state index contributed by atoms with van der Waals surface area (Å²) >= 11 is 0. The second kappa shape index (κ2) is 7.85. The lowest BCUT2D eigenvalue weighted by Crippen LogP contribution is -2.46. The third-order valence-electron chi connectivity index (χ3n) is 5.36. The Morgan fingerprint density at radius 3 is 2.28 bits per heavy atom. The largest absolute Gasteiger partial charge is 0.341 e. The molecule has 25 heavy (non-hydrogen) atoms. The Bertz CT molecular complexity index is 616. The van der Waals surface area contributed by atoms with E-state index in [1.807, 2.05) is 0 Å². The van der Waals surface area contributed by atoms with Crippen molar-refractivity contribution in [3.05, 3.63) is 35.6 Å². The smallest absolute Gasteiger partial charge is 0.317 e. The van der Waals surface area contributed by atoms with Crippen molar-refractivity contribution in [3.63, 3.8) is 0 Å². The number of amides is 3. The third-order valence-corrected chi connectivity index (χ3v) is 5.36. The zero-order valence-electron chi connectivity index (χ0n) is 14.7. The van der Waals surface area contributed by atoms with Gasteiger partial charge in [0.15, 0.2) is 0 Å². The van der Waals surface area contributed by atoms with Crippen molar-refractivity contribution in [1.82, 2.24) is 15.1 Å². The number of nitrogens with one attached hydrogen (secondary N) is 1. The molecule has 6 heteroatoms. The molecule has 1 saturated heterocycles. The van der Waals surface area contributed by atoms with Crippen LogP contribution in [0, 0.1) is 11.7 Å². The molecule has 2 fully saturated rings. The third kappa shape index (κ3) is 4.30. The molecular weight excluding hydrogens is 321 g/mol.